The standard InChI is InChI=1S/C37H50N6O3S/c1-27-11-13-33(14-12-27)47(45,46)42-19-15-32(16-20-42)35(31-9-7-6-8-10-31)43-24-23-41(25-28(43)2)37(5)17-21-40(22-18-37)36(44)34-29(3)38-26-39-30(34)4/h6-14,26,28,32,35H,15-25H2,1-5H3/t28-,35-/m0/s1. The van der Waals surface area contributed by atoms with Crippen LogP contribution >= 0.6 is 0 Å². The Bertz CT molecular complexity index is 1630. The van der Waals surface area contributed by atoms with Crippen LogP contribution in [0.15, 0.2) is 65.8 Å². The Morgan fingerprint density at radius 3 is 2.06 bits per heavy atom. The number of nitrogens with zero attached hydrogens (tertiary/aromatic N) is 6. The van der Waals surface area contributed by atoms with Crippen LogP contribution in [0.5, 0.6) is 0 Å². The zero-order valence-corrected chi connectivity index (χ0v) is 29.4. The number of amides is 1. The highest BCUT2D eigenvalue weighted by atomic mass is 32.2. The third-order valence-electron chi connectivity index (χ3n) is 11.1. The van der Waals surface area contributed by atoms with Crippen LogP contribution in [0.1, 0.15) is 78.4 Å². The number of benzene rings is 2. The van der Waals surface area contributed by atoms with E-state index in [9.17, 15) is 13.2 Å². The van der Waals surface area contributed by atoms with Crippen LogP contribution in [0.4, 0.5) is 0 Å². The summed E-state index contributed by atoms with van der Waals surface area (Å²) in [6.45, 7) is 15.9. The van der Waals surface area contributed by atoms with E-state index in [-0.39, 0.29) is 17.5 Å². The van der Waals surface area contributed by atoms with Crippen molar-refractivity contribution >= 4 is 15.9 Å². The fraction of sp³-hybridized carbons (Fsp3) is 0.541. The largest absolute Gasteiger partial charge is 0.338 e. The first kappa shape index (κ1) is 33.7. The summed E-state index contributed by atoms with van der Waals surface area (Å²) in [5, 5.41) is 0. The molecule has 47 heavy (non-hydrogen) atoms. The fourth-order valence-electron chi connectivity index (χ4n) is 8.12. The number of piperazine rings is 1. The molecular formula is C37H50N6O3S. The van der Waals surface area contributed by atoms with Gasteiger partial charge in [0, 0.05) is 63.4 Å². The van der Waals surface area contributed by atoms with Crippen LogP contribution < -0.4 is 0 Å². The van der Waals surface area contributed by atoms with Crippen molar-refractivity contribution in [2.75, 3.05) is 45.8 Å². The summed E-state index contributed by atoms with van der Waals surface area (Å²) >= 11 is 0. The number of piperidine rings is 2. The Balaban J connectivity index is 1.11. The van der Waals surface area contributed by atoms with Gasteiger partial charge in [-0.25, -0.2) is 18.4 Å². The van der Waals surface area contributed by atoms with Crippen molar-refractivity contribution < 1.29 is 13.2 Å². The van der Waals surface area contributed by atoms with E-state index in [1.165, 1.54) is 11.9 Å². The lowest BCUT2D eigenvalue weighted by molar-refractivity contribution is -0.0421. The van der Waals surface area contributed by atoms with Gasteiger partial charge in [0.2, 0.25) is 10.0 Å². The molecule has 3 saturated heterocycles. The van der Waals surface area contributed by atoms with Crippen LogP contribution in [0, 0.1) is 26.7 Å². The van der Waals surface area contributed by atoms with Gasteiger partial charge in [0.1, 0.15) is 6.33 Å². The summed E-state index contributed by atoms with van der Waals surface area (Å²) in [6, 6.07) is 18.6. The predicted octanol–water partition coefficient (Wildman–Crippen LogP) is 5.24. The number of aromatic nitrogens is 2. The minimum Gasteiger partial charge on any atom is -0.338 e. The molecule has 3 aliphatic rings. The second-order valence-electron chi connectivity index (χ2n) is 14.2. The Morgan fingerprint density at radius 2 is 1.47 bits per heavy atom. The lowest BCUT2D eigenvalue weighted by atomic mass is 9.82. The van der Waals surface area contributed by atoms with Crippen molar-refractivity contribution in [3.05, 3.63) is 89.0 Å². The molecule has 252 valence electrons. The maximum Gasteiger partial charge on any atom is 0.257 e. The van der Waals surface area contributed by atoms with Gasteiger partial charge in [-0.15, -0.1) is 0 Å². The first-order valence-electron chi connectivity index (χ1n) is 17.2. The summed E-state index contributed by atoms with van der Waals surface area (Å²) in [5.74, 6) is 0.416. The average molecular weight is 659 g/mol. The highest BCUT2D eigenvalue weighted by Crippen LogP contribution is 2.40. The fourth-order valence-corrected chi connectivity index (χ4v) is 9.59. The Kier molecular flexibility index (Phi) is 9.86. The first-order chi connectivity index (χ1) is 22.5. The number of rotatable bonds is 7. The third-order valence-corrected chi connectivity index (χ3v) is 13.0. The normalized spacial score (nSPS) is 22.7. The molecule has 6 rings (SSSR count). The number of hydrogen-bond acceptors (Lipinski definition) is 7. The molecule has 4 heterocycles. The molecule has 0 spiro atoms. The molecule has 0 radical (unpaired) electrons. The van der Waals surface area contributed by atoms with Crippen molar-refractivity contribution in [3.8, 4) is 0 Å². The van der Waals surface area contributed by atoms with E-state index in [0.717, 1.165) is 75.4 Å². The molecule has 1 aromatic heterocycles. The van der Waals surface area contributed by atoms with Gasteiger partial charge in [-0.05, 0) is 83.9 Å². The first-order valence-corrected chi connectivity index (χ1v) is 18.6. The van der Waals surface area contributed by atoms with Crippen molar-refractivity contribution in [1.29, 1.82) is 0 Å². The molecule has 2 atom stereocenters. The van der Waals surface area contributed by atoms with Gasteiger partial charge in [-0.2, -0.15) is 4.31 Å². The summed E-state index contributed by atoms with van der Waals surface area (Å²) in [6.07, 6.45) is 5.08. The Labute approximate surface area is 281 Å². The van der Waals surface area contributed by atoms with Crippen molar-refractivity contribution in [1.82, 2.24) is 29.0 Å². The summed E-state index contributed by atoms with van der Waals surface area (Å²) < 4.78 is 28.6. The maximum absolute atomic E-state index is 13.5. The second kappa shape index (κ2) is 13.7. The minimum atomic E-state index is -3.50. The van der Waals surface area contributed by atoms with Gasteiger partial charge in [0.05, 0.1) is 21.8 Å². The Hall–Kier alpha value is -3.18. The van der Waals surface area contributed by atoms with Crippen LogP contribution in [0.3, 0.4) is 0 Å². The molecule has 3 fully saturated rings. The van der Waals surface area contributed by atoms with Crippen molar-refractivity contribution in [2.24, 2.45) is 5.92 Å². The molecule has 0 bridgehead atoms. The molecule has 9 nitrogen and oxygen atoms in total. The molecule has 0 aliphatic carbocycles. The van der Waals surface area contributed by atoms with Gasteiger partial charge in [-0.3, -0.25) is 14.6 Å². The average Bonchev–Trinajstić information content (AvgIpc) is 3.07. The molecule has 10 heteroatoms. The summed E-state index contributed by atoms with van der Waals surface area (Å²) in [5.41, 5.74) is 4.54. The number of carbonyl (C=O) groups excluding carboxylic acids is 1. The quantitative estimate of drug-likeness (QED) is 0.343. The van der Waals surface area contributed by atoms with E-state index in [2.05, 4.69) is 63.9 Å². The topological polar surface area (TPSA) is 90.0 Å². The van der Waals surface area contributed by atoms with Gasteiger partial charge >= 0.3 is 0 Å². The van der Waals surface area contributed by atoms with Crippen LogP contribution in [0.25, 0.3) is 0 Å². The summed E-state index contributed by atoms with van der Waals surface area (Å²) in [7, 11) is -3.50. The lowest BCUT2D eigenvalue weighted by Gasteiger charge is -2.54. The van der Waals surface area contributed by atoms with Crippen LogP contribution in [-0.2, 0) is 10.0 Å². The second-order valence-corrected chi connectivity index (χ2v) is 16.1. The molecule has 3 aromatic rings. The minimum absolute atomic E-state index is 0.0341. The van der Waals surface area contributed by atoms with E-state index in [1.54, 1.807) is 16.4 Å². The molecule has 0 unspecified atom stereocenters. The molecule has 0 saturated carbocycles. The van der Waals surface area contributed by atoms with E-state index in [4.69, 9.17) is 0 Å². The van der Waals surface area contributed by atoms with Crippen LogP contribution in [-0.4, -0.2) is 101 Å². The lowest BCUT2D eigenvalue weighted by Crippen LogP contribution is -2.63. The highest BCUT2D eigenvalue weighted by molar-refractivity contribution is 7.89. The zero-order chi connectivity index (χ0) is 33.3. The Morgan fingerprint density at radius 1 is 0.851 bits per heavy atom. The van der Waals surface area contributed by atoms with Crippen molar-refractivity contribution in [3.63, 3.8) is 0 Å². The number of likely N-dealkylation sites (tertiary alicyclic amines) is 1. The van der Waals surface area contributed by atoms with Gasteiger partial charge in [-0.1, -0.05) is 48.0 Å². The van der Waals surface area contributed by atoms with E-state index >= 15 is 0 Å². The maximum atomic E-state index is 13.5. The third kappa shape index (κ3) is 6.88. The zero-order valence-electron chi connectivity index (χ0n) is 28.6. The summed E-state index contributed by atoms with van der Waals surface area (Å²) in [4.78, 5) is 29.7. The van der Waals surface area contributed by atoms with Gasteiger partial charge in [0.15, 0.2) is 0 Å². The smallest absolute Gasteiger partial charge is 0.257 e. The molecular weight excluding hydrogens is 609 g/mol. The number of aryl methyl sites for hydroxylation is 3. The molecule has 1 amide bonds. The van der Waals surface area contributed by atoms with Crippen LogP contribution in [0.2, 0.25) is 0 Å². The highest BCUT2D eigenvalue weighted by Gasteiger charge is 2.43. The number of sulfonamides is 1. The molecule has 0 N–H and O–H groups in total. The number of carbonyl (C=O) groups is 1. The number of hydrogen-bond donors (Lipinski definition) is 0. The molecule has 2 aromatic carbocycles. The van der Waals surface area contributed by atoms with E-state index < -0.39 is 10.0 Å². The van der Waals surface area contributed by atoms with Crippen molar-refractivity contribution in [2.45, 2.75) is 82.8 Å². The van der Waals surface area contributed by atoms with E-state index in [0.29, 0.717) is 35.5 Å². The van der Waals surface area contributed by atoms with Gasteiger partial charge in [0.25, 0.3) is 5.91 Å². The predicted molar refractivity (Wildman–Crippen MR) is 185 cm³/mol. The van der Waals surface area contributed by atoms with Gasteiger partial charge < -0.3 is 4.90 Å². The SMILES string of the molecule is Cc1ccc(S(=O)(=O)N2CCC([C@H](c3ccccc3)N3CCN(C4(C)CCN(C(=O)c5c(C)ncnc5C)CC4)C[C@@H]3C)CC2)cc1. The molecule has 3 aliphatic heterocycles. The monoisotopic (exact) mass is 658 g/mol. The van der Waals surface area contributed by atoms with E-state index in [1.807, 2.05) is 37.8 Å².